The molecule has 0 atom stereocenters. The average molecular weight is 424 g/mol. The van der Waals surface area contributed by atoms with Gasteiger partial charge < -0.3 is 10.1 Å². The SMILES string of the molecule is Cc1ccc(/C=C/S(=O)(=O)NCC(=O)OCC(=O)Nc2cccnc2Cl)cc1. The number of pyridine rings is 1. The molecule has 2 aromatic rings. The first-order valence-electron chi connectivity index (χ1n) is 8.05. The van der Waals surface area contributed by atoms with E-state index in [0.717, 1.165) is 11.0 Å². The molecule has 0 radical (unpaired) electrons. The van der Waals surface area contributed by atoms with E-state index in [9.17, 15) is 18.0 Å². The van der Waals surface area contributed by atoms with Crippen LogP contribution in [0.4, 0.5) is 5.69 Å². The molecule has 0 unspecified atom stereocenters. The molecule has 0 saturated heterocycles. The maximum atomic E-state index is 11.9. The highest BCUT2D eigenvalue weighted by atomic mass is 35.5. The number of aryl methyl sites for hydroxylation is 1. The largest absolute Gasteiger partial charge is 0.455 e. The number of carbonyl (C=O) groups is 2. The molecular weight excluding hydrogens is 406 g/mol. The predicted molar refractivity (Wildman–Crippen MR) is 106 cm³/mol. The predicted octanol–water partition coefficient (Wildman–Crippen LogP) is 2.12. The summed E-state index contributed by atoms with van der Waals surface area (Å²) < 4.78 is 30.6. The first-order valence-corrected chi connectivity index (χ1v) is 9.98. The Bertz CT molecular complexity index is 975. The van der Waals surface area contributed by atoms with Crippen LogP contribution in [0.2, 0.25) is 5.15 Å². The van der Waals surface area contributed by atoms with Crippen molar-refractivity contribution in [3.63, 3.8) is 0 Å². The summed E-state index contributed by atoms with van der Waals surface area (Å²) in [4.78, 5) is 27.1. The number of carbonyl (C=O) groups excluding carboxylic acids is 2. The Morgan fingerprint density at radius 2 is 1.93 bits per heavy atom. The van der Waals surface area contributed by atoms with Gasteiger partial charge in [0, 0.05) is 11.6 Å². The number of anilines is 1. The number of nitrogens with one attached hydrogen (secondary N) is 2. The Morgan fingerprint density at radius 1 is 1.21 bits per heavy atom. The zero-order chi connectivity index (χ0) is 20.6. The third-order valence-electron chi connectivity index (χ3n) is 3.33. The van der Waals surface area contributed by atoms with Gasteiger partial charge in [-0.3, -0.25) is 9.59 Å². The summed E-state index contributed by atoms with van der Waals surface area (Å²) >= 11 is 5.80. The van der Waals surface area contributed by atoms with Crippen molar-refractivity contribution < 1.29 is 22.7 Å². The van der Waals surface area contributed by atoms with Gasteiger partial charge in [-0.2, -0.15) is 0 Å². The van der Waals surface area contributed by atoms with Crippen LogP contribution in [0.3, 0.4) is 0 Å². The van der Waals surface area contributed by atoms with E-state index in [2.05, 4.69) is 15.0 Å². The van der Waals surface area contributed by atoms with Crippen LogP contribution >= 0.6 is 11.6 Å². The van der Waals surface area contributed by atoms with Crippen LogP contribution in [0.25, 0.3) is 6.08 Å². The molecule has 2 rings (SSSR count). The maximum absolute atomic E-state index is 11.9. The number of sulfonamides is 1. The lowest BCUT2D eigenvalue weighted by atomic mass is 10.2. The number of hydrogen-bond donors (Lipinski definition) is 2. The molecule has 0 bridgehead atoms. The second kappa shape index (κ2) is 9.98. The third-order valence-corrected chi connectivity index (χ3v) is 4.67. The molecule has 1 amide bonds. The molecule has 0 spiro atoms. The number of rotatable bonds is 8. The third kappa shape index (κ3) is 7.47. The fourth-order valence-corrected chi connectivity index (χ4v) is 2.83. The van der Waals surface area contributed by atoms with Crippen molar-refractivity contribution in [3.05, 3.63) is 64.3 Å². The molecule has 10 heteroatoms. The highest BCUT2D eigenvalue weighted by Gasteiger charge is 2.12. The summed E-state index contributed by atoms with van der Waals surface area (Å²) in [5.74, 6) is -1.54. The highest BCUT2D eigenvalue weighted by Crippen LogP contribution is 2.17. The molecule has 8 nitrogen and oxygen atoms in total. The van der Waals surface area contributed by atoms with E-state index in [1.165, 1.54) is 18.3 Å². The van der Waals surface area contributed by atoms with Crippen LogP contribution in [-0.4, -0.2) is 38.4 Å². The zero-order valence-electron chi connectivity index (χ0n) is 14.9. The summed E-state index contributed by atoms with van der Waals surface area (Å²) in [5.41, 5.74) is 2.02. The van der Waals surface area contributed by atoms with Gasteiger partial charge in [-0.25, -0.2) is 18.1 Å². The van der Waals surface area contributed by atoms with Gasteiger partial charge in [-0.1, -0.05) is 41.4 Å². The Kier molecular flexibility index (Phi) is 7.68. The van der Waals surface area contributed by atoms with Gasteiger partial charge in [0.15, 0.2) is 11.8 Å². The van der Waals surface area contributed by atoms with E-state index in [4.69, 9.17) is 16.3 Å². The molecule has 148 valence electrons. The van der Waals surface area contributed by atoms with Crippen LogP contribution in [-0.2, 0) is 24.3 Å². The number of aromatic nitrogens is 1. The van der Waals surface area contributed by atoms with E-state index < -0.39 is 35.1 Å². The van der Waals surface area contributed by atoms with Gasteiger partial charge in [-0.05, 0) is 30.7 Å². The van der Waals surface area contributed by atoms with Crippen molar-refractivity contribution in [2.24, 2.45) is 0 Å². The number of hydrogen-bond acceptors (Lipinski definition) is 6. The van der Waals surface area contributed by atoms with Crippen LogP contribution in [0.1, 0.15) is 11.1 Å². The topological polar surface area (TPSA) is 114 Å². The van der Waals surface area contributed by atoms with Gasteiger partial charge in [0.2, 0.25) is 10.0 Å². The quantitative estimate of drug-likeness (QED) is 0.496. The van der Waals surface area contributed by atoms with Crippen LogP contribution in [0.5, 0.6) is 0 Å². The lowest BCUT2D eigenvalue weighted by molar-refractivity contribution is -0.146. The van der Waals surface area contributed by atoms with Crippen LogP contribution in [0.15, 0.2) is 48.0 Å². The second-order valence-electron chi connectivity index (χ2n) is 5.63. The van der Waals surface area contributed by atoms with Gasteiger partial charge >= 0.3 is 5.97 Å². The fraction of sp³-hybridized carbons (Fsp3) is 0.167. The number of ether oxygens (including phenoxy) is 1. The first kappa shape index (κ1) is 21.5. The number of halogens is 1. The monoisotopic (exact) mass is 423 g/mol. The molecule has 0 aliphatic rings. The average Bonchev–Trinajstić information content (AvgIpc) is 2.66. The Balaban J connectivity index is 1.77. The number of nitrogens with zero attached hydrogens (tertiary/aromatic N) is 1. The second-order valence-corrected chi connectivity index (χ2v) is 7.64. The highest BCUT2D eigenvalue weighted by molar-refractivity contribution is 7.92. The minimum Gasteiger partial charge on any atom is -0.455 e. The summed E-state index contributed by atoms with van der Waals surface area (Å²) in [5, 5.41) is 3.46. The fourth-order valence-electron chi connectivity index (χ4n) is 1.92. The smallest absolute Gasteiger partial charge is 0.321 e. The van der Waals surface area contributed by atoms with Crippen molar-refractivity contribution in [1.29, 1.82) is 0 Å². The van der Waals surface area contributed by atoms with Crippen molar-refractivity contribution in [2.75, 3.05) is 18.5 Å². The van der Waals surface area contributed by atoms with Gasteiger partial charge in [-0.15, -0.1) is 0 Å². The minimum absolute atomic E-state index is 0.0929. The molecule has 1 aromatic heterocycles. The van der Waals surface area contributed by atoms with E-state index in [1.54, 1.807) is 18.2 Å². The molecule has 1 heterocycles. The molecule has 0 aliphatic heterocycles. The Morgan fingerprint density at radius 3 is 2.61 bits per heavy atom. The molecule has 1 aromatic carbocycles. The molecular formula is C18H18ClN3O5S. The normalized spacial score (nSPS) is 11.4. The van der Waals surface area contributed by atoms with Gasteiger partial charge in [0.1, 0.15) is 6.54 Å². The van der Waals surface area contributed by atoms with Gasteiger partial charge in [0.25, 0.3) is 5.91 Å². The lowest BCUT2D eigenvalue weighted by Crippen LogP contribution is -2.31. The van der Waals surface area contributed by atoms with Crippen LogP contribution < -0.4 is 10.0 Å². The van der Waals surface area contributed by atoms with E-state index in [-0.39, 0.29) is 10.8 Å². The maximum Gasteiger partial charge on any atom is 0.321 e. The molecule has 0 saturated carbocycles. The van der Waals surface area contributed by atoms with Gasteiger partial charge in [0.05, 0.1) is 5.69 Å². The van der Waals surface area contributed by atoms with Crippen molar-refractivity contribution in [1.82, 2.24) is 9.71 Å². The zero-order valence-corrected chi connectivity index (χ0v) is 16.5. The van der Waals surface area contributed by atoms with E-state index in [0.29, 0.717) is 5.56 Å². The summed E-state index contributed by atoms with van der Waals surface area (Å²) in [6, 6.07) is 10.3. The number of benzene rings is 1. The minimum atomic E-state index is -3.84. The summed E-state index contributed by atoms with van der Waals surface area (Å²) in [7, 11) is -3.84. The first-order chi connectivity index (χ1) is 13.2. The Hall–Kier alpha value is -2.75. The van der Waals surface area contributed by atoms with E-state index >= 15 is 0 Å². The molecule has 28 heavy (non-hydrogen) atoms. The number of esters is 1. The molecule has 2 N–H and O–H groups in total. The standard InChI is InChI=1S/C18H18ClN3O5S/c1-13-4-6-14(7-5-13)8-10-28(25,26)21-11-17(24)27-12-16(23)22-15-3-2-9-20-18(15)19/h2-10,21H,11-12H2,1H3,(H,22,23)/b10-8+. The Labute approximate surface area is 167 Å². The van der Waals surface area contributed by atoms with Crippen molar-refractivity contribution in [2.45, 2.75) is 6.92 Å². The van der Waals surface area contributed by atoms with Crippen molar-refractivity contribution >= 4 is 45.3 Å². The van der Waals surface area contributed by atoms with Crippen molar-refractivity contribution in [3.8, 4) is 0 Å². The summed E-state index contributed by atoms with van der Waals surface area (Å²) in [6.07, 6.45) is 2.86. The number of amides is 1. The summed E-state index contributed by atoms with van der Waals surface area (Å²) in [6.45, 7) is 0.718. The lowest BCUT2D eigenvalue weighted by Gasteiger charge is -2.07. The molecule has 0 fully saturated rings. The van der Waals surface area contributed by atoms with E-state index in [1.807, 2.05) is 19.1 Å². The molecule has 0 aliphatic carbocycles. The van der Waals surface area contributed by atoms with Crippen LogP contribution in [0, 0.1) is 6.92 Å².